The summed E-state index contributed by atoms with van der Waals surface area (Å²) in [6.07, 6.45) is 3.63. The average molecular weight is 473 g/mol. The topological polar surface area (TPSA) is 58.7 Å². The van der Waals surface area contributed by atoms with Crippen molar-refractivity contribution in [1.82, 2.24) is 4.90 Å². The predicted octanol–water partition coefficient (Wildman–Crippen LogP) is 6.47. The molecule has 186 valence electrons. The van der Waals surface area contributed by atoms with Crippen LogP contribution in [0.3, 0.4) is 0 Å². The van der Waals surface area contributed by atoms with E-state index >= 15 is 0 Å². The fourth-order valence-corrected chi connectivity index (χ4v) is 5.38. The molecule has 0 aromatic heterocycles. The summed E-state index contributed by atoms with van der Waals surface area (Å²) in [4.78, 5) is 2.42. The van der Waals surface area contributed by atoms with Crippen LogP contribution in [0.25, 0.3) is 0 Å². The Balaban J connectivity index is 1.25. The molecule has 1 aliphatic heterocycles. The minimum atomic E-state index is -0.307. The van der Waals surface area contributed by atoms with Crippen LogP contribution in [-0.4, -0.2) is 35.7 Å². The van der Waals surface area contributed by atoms with Crippen molar-refractivity contribution in [3.05, 3.63) is 88.0 Å². The minimum Gasteiger partial charge on any atom is -0.457 e. The third-order valence-electron chi connectivity index (χ3n) is 7.95. The SMILES string of the molecule is Cc1c(C)c(CCC(O)CN2CCC(c3ccc(Oc4ccccc4)cc3)CC2)c(C)c(C)c1N. The number of aliphatic hydroxyl groups is 1. The van der Waals surface area contributed by atoms with Gasteiger partial charge in [-0.05, 0) is 130 Å². The number of nitrogens with zero attached hydrogens (tertiary/aromatic N) is 1. The van der Waals surface area contributed by atoms with E-state index in [0.29, 0.717) is 5.92 Å². The number of anilines is 1. The van der Waals surface area contributed by atoms with Crippen molar-refractivity contribution in [3.63, 3.8) is 0 Å². The normalized spacial score (nSPS) is 15.8. The van der Waals surface area contributed by atoms with Crippen molar-refractivity contribution in [2.24, 2.45) is 0 Å². The van der Waals surface area contributed by atoms with E-state index in [1.165, 1.54) is 33.4 Å². The summed E-state index contributed by atoms with van der Waals surface area (Å²) in [5.74, 6) is 2.30. The van der Waals surface area contributed by atoms with Gasteiger partial charge in [-0.15, -0.1) is 0 Å². The number of hydrogen-bond acceptors (Lipinski definition) is 4. The molecular weight excluding hydrogens is 432 g/mol. The largest absolute Gasteiger partial charge is 0.457 e. The standard InChI is InChI=1S/C31H40N2O2/c1-21-23(3)31(32)24(4)22(2)30(21)15-12-27(34)20-33-18-16-26(17-19-33)25-10-13-29(14-11-25)35-28-8-6-5-7-9-28/h5-11,13-14,26-27,34H,12,15-20,32H2,1-4H3. The number of likely N-dealkylation sites (tertiary alicyclic amines) is 1. The summed E-state index contributed by atoms with van der Waals surface area (Å²) in [6, 6.07) is 18.4. The van der Waals surface area contributed by atoms with Crippen molar-refractivity contribution < 1.29 is 9.84 Å². The Bertz CT molecular complexity index is 1090. The molecule has 0 saturated carbocycles. The van der Waals surface area contributed by atoms with Crippen LogP contribution in [0, 0.1) is 27.7 Å². The van der Waals surface area contributed by atoms with Crippen LogP contribution in [0.4, 0.5) is 5.69 Å². The van der Waals surface area contributed by atoms with E-state index in [1.54, 1.807) is 0 Å². The second kappa shape index (κ2) is 11.3. The number of β-amino-alcohol motifs (C(OH)–C–C–N with tert-alkyl or cyclic N) is 1. The van der Waals surface area contributed by atoms with E-state index < -0.39 is 0 Å². The summed E-state index contributed by atoms with van der Waals surface area (Å²) in [5, 5.41) is 10.8. The highest BCUT2D eigenvalue weighted by Crippen LogP contribution is 2.32. The van der Waals surface area contributed by atoms with Gasteiger partial charge in [-0.3, -0.25) is 0 Å². The van der Waals surface area contributed by atoms with Crippen LogP contribution in [0.15, 0.2) is 54.6 Å². The Morgan fingerprint density at radius 3 is 2.03 bits per heavy atom. The van der Waals surface area contributed by atoms with Crippen LogP contribution in [-0.2, 0) is 6.42 Å². The van der Waals surface area contributed by atoms with Crippen molar-refractivity contribution in [2.75, 3.05) is 25.4 Å². The Morgan fingerprint density at radius 2 is 1.43 bits per heavy atom. The Hall–Kier alpha value is -2.82. The van der Waals surface area contributed by atoms with Crippen LogP contribution >= 0.6 is 0 Å². The summed E-state index contributed by atoms with van der Waals surface area (Å²) in [7, 11) is 0. The molecule has 0 spiro atoms. The first-order valence-corrected chi connectivity index (χ1v) is 12.9. The molecule has 1 saturated heterocycles. The maximum atomic E-state index is 10.8. The van der Waals surface area contributed by atoms with E-state index in [1.807, 2.05) is 30.3 Å². The van der Waals surface area contributed by atoms with Gasteiger partial charge in [-0.2, -0.15) is 0 Å². The summed E-state index contributed by atoms with van der Waals surface area (Å²) in [6.45, 7) is 11.3. The van der Waals surface area contributed by atoms with Crippen molar-refractivity contribution >= 4 is 5.69 Å². The molecule has 0 amide bonds. The highest BCUT2D eigenvalue weighted by Gasteiger charge is 2.23. The Labute approximate surface area is 210 Å². The van der Waals surface area contributed by atoms with Gasteiger partial charge in [-0.25, -0.2) is 0 Å². The fourth-order valence-electron chi connectivity index (χ4n) is 5.38. The molecule has 3 N–H and O–H groups in total. The number of benzene rings is 3. The average Bonchev–Trinajstić information content (AvgIpc) is 2.88. The maximum Gasteiger partial charge on any atom is 0.127 e. The molecule has 1 fully saturated rings. The van der Waals surface area contributed by atoms with Gasteiger partial charge in [0.05, 0.1) is 6.10 Å². The number of piperidine rings is 1. The van der Waals surface area contributed by atoms with E-state index in [2.05, 4.69) is 56.9 Å². The monoisotopic (exact) mass is 472 g/mol. The molecule has 0 aliphatic carbocycles. The summed E-state index contributed by atoms with van der Waals surface area (Å²) < 4.78 is 5.93. The molecule has 1 aliphatic rings. The lowest BCUT2D eigenvalue weighted by Crippen LogP contribution is -2.38. The second-order valence-corrected chi connectivity index (χ2v) is 10.1. The number of rotatable bonds is 8. The first kappa shape index (κ1) is 25.3. The zero-order chi connectivity index (χ0) is 24.9. The number of hydrogen-bond donors (Lipinski definition) is 2. The van der Waals surface area contributed by atoms with Gasteiger partial charge < -0.3 is 20.5 Å². The van der Waals surface area contributed by atoms with Crippen molar-refractivity contribution in [1.29, 1.82) is 0 Å². The zero-order valence-electron chi connectivity index (χ0n) is 21.7. The second-order valence-electron chi connectivity index (χ2n) is 10.1. The smallest absolute Gasteiger partial charge is 0.127 e. The number of nitrogen functional groups attached to an aromatic ring is 1. The highest BCUT2D eigenvalue weighted by atomic mass is 16.5. The Morgan fingerprint density at radius 1 is 0.857 bits per heavy atom. The number of aliphatic hydroxyl groups excluding tert-OH is 1. The van der Waals surface area contributed by atoms with Gasteiger partial charge in [-0.1, -0.05) is 30.3 Å². The fraction of sp³-hybridized carbons (Fsp3) is 0.419. The molecule has 3 aromatic carbocycles. The Kier molecular flexibility index (Phi) is 8.15. The molecule has 35 heavy (non-hydrogen) atoms. The van der Waals surface area contributed by atoms with Crippen LogP contribution in [0.1, 0.15) is 58.6 Å². The molecule has 1 heterocycles. The highest BCUT2D eigenvalue weighted by molar-refractivity contribution is 5.62. The van der Waals surface area contributed by atoms with Gasteiger partial charge in [0.1, 0.15) is 11.5 Å². The van der Waals surface area contributed by atoms with E-state index in [4.69, 9.17) is 10.5 Å². The molecule has 4 rings (SSSR count). The van der Waals surface area contributed by atoms with Gasteiger partial charge in [0, 0.05) is 12.2 Å². The van der Waals surface area contributed by atoms with Crippen molar-refractivity contribution in [2.45, 2.75) is 65.4 Å². The number of ether oxygens (including phenoxy) is 1. The van der Waals surface area contributed by atoms with E-state index in [-0.39, 0.29) is 6.10 Å². The molecule has 4 nitrogen and oxygen atoms in total. The summed E-state index contributed by atoms with van der Waals surface area (Å²) >= 11 is 0. The molecule has 0 bridgehead atoms. The molecule has 4 heteroatoms. The van der Waals surface area contributed by atoms with Crippen molar-refractivity contribution in [3.8, 4) is 11.5 Å². The van der Waals surface area contributed by atoms with Crippen LogP contribution in [0.2, 0.25) is 0 Å². The first-order chi connectivity index (χ1) is 16.8. The molecule has 1 atom stereocenters. The first-order valence-electron chi connectivity index (χ1n) is 12.9. The van der Waals surface area contributed by atoms with Gasteiger partial charge in [0.15, 0.2) is 0 Å². The number of nitrogens with two attached hydrogens (primary N) is 1. The van der Waals surface area contributed by atoms with E-state index in [0.717, 1.165) is 62.5 Å². The van der Waals surface area contributed by atoms with Gasteiger partial charge in [0.2, 0.25) is 0 Å². The summed E-state index contributed by atoms with van der Waals surface area (Å²) in [5.41, 5.74) is 14.8. The van der Waals surface area contributed by atoms with E-state index in [9.17, 15) is 5.11 Å². The van der Waals surface area contributed by atoms with Gasteiger partial charge in [0.25, 0.3) is 0 Å². The lowest BCUT2D eigenvalue weighted by molar-refractivity contribution is 0.0912. The van der Waals surface area contributed by atoms with Gasteiger partial charge >= 0.3 is 0 Å². The molecule has 3 aromatic rings. The maximum absolute atomic E-state index is 10.8. The predicted molar refractivity (Wildman–Crippen MR) is 146 cm³/mol. The molecular formula is C31H40N2O2. The minimum absolute atomic E-state index is 0.307. The third-order valence-corrected chi connectivity index (χ3v) is 7.95. The molecule has 1 unspecified atom stereocenters. The lowest BCUT2D eigenvalue weighted by Gasteiger charge is -2.33. The third kappa shape index (κ3) is 6.06. The zero-order valence-corrected chi connectivity index (χ0v) is 21.7. The van der Waals surface area contributed by atoms with Crippen LogP contribution in [0.5, 0.6) is 11.5 Å². The number of para-hydroxylation sites is 1. The molecule has 0 radical (unpaired) electrons. The lowest BCUT2D eigenvalue weighted by atomic mass is 9.88. The quantitative estimate of drug-likeness (QED) is 0.369. The van der Waals surface area contributed by atoms with Crippen LogP contribution < -0.4 is 10.5 Å².